The van der Waals surface area contributed by atoms with Crippen LogP contribution in [-0.4, -0.2) is 37.9 Å². The molecule has 4 nitrogen and oxygen atoms in total. The summed E-state index contributed by atoms with van der Waals surface area (Å²) >= 11 is 0. The molecule has 4 heteroatoms. The summed E-state index contributed by atoms with van der Waals surface area (Å²) in [5, 5.41) is 3.43. The first kappa shape index (κ1) is 16.1. The highest BCUT2D eigenvalue weighted by Gasteiger charge is 2.21. The Balaban J connectivity index is 2.27. The maximum Gasteiger partial charge on any atom is 0.116 e. The summed E-state index contributed by atoms with van der Waals surface area (Å²) in [7, 11) is 0. The van der Waals surface area contributed by atoms with Crippen LogP contribution in [0.5, 0.6) is 0 Å². The van der Waals surface area contributed by atoms with E-state index in [1.54, 1.807) is 0 Å². The molecule has 0 spiro atoms. The number of hydrogen-bond acceptors (Lipinski definition) is 4. The number of hydrogen-bond donors (Lipinski definition) is 1. The number of allylic oxidation sites excluding steroid dienone is 3. The van der Waals surface area contributed by atoms with Gasteiger partial charge in [-0.2, -0.15) is 0 Å². The van der Waals surface area contributed by atoms with Crippen LogP contribution in [-0.2, 0) is 4.74 Å². The Labute approximate surface area is 133 Å². The maximum absolute atomic E-state index is 5.65. The molecular weight excluding hydrogens is 274 g/mol. The van der Waals surface area contributed by atoms with Gasteiger partial charge in [0.1, 0.15) is 12.4 Å². The number of nitrogens with one attached hydrogen (secondary N) is 1. The minimum absolute atomic E-state index is 0.718. The van der Waals surface area contributed by atoms with Crippen LogP contribution in [0.2, 0.25) is 0 Å². The second kappa shape index (κ2) is 7.16. The Kier molecular flexibility index (Phi) is 5.26. The molecule has 2 aliphatic heterocycles. The van der Waals surface area contributed by atoms with Crippen LogP contribution >= 0.6 is 0 Å². The van der Waals surface area contributed by atoms with Crippen LogP contribution in [0, 0.1) is 0 Å². The molecule has 2 heterocycles. The highest BCUT2D eigenvalue weighted by atomic mass is 16.5. The average molecular weight is 299 g/mol. The Morgan fingerprint density at radius 1 is 1.45 bits per heavy atom. The van der Waals surface area contributed by atoms with Crippen molar-refractivity contribution in [3.8, 4) is 0 Å². The van der Waals surface area contributed by atoms with E-state index in [-0.39, 0.29) is 0 Å². The van der Waals surface area contributed by atoms with Crippen molar-refractivity contribution in [1.29, 1.82) is 0 Å². The molecule has 0 amide bonds. The van der Waals surface area contributed by atoms with Crippen molar-refractivity contribution >= 4 is 6.72 Å². The lowest BCUT2D eigenvalue weighted by Gasteiger charge is -2.34. The first-order valence-corrected chi connectivity index (χ1v) is 7.57. The second-order valence-electron chi connectivity index (χ2n) is 5.53. The molecule has 0 radical (unpaired) electrons. The van der Waals surface area contributed by atoms with Crippen LogP contribution in [0.4, 0.5) is 0 Å². The fourth-order valence-corrected chi connectivity index (χ4v) is 2.94. The molecule has 0 aromatic carbocycles. The molecule has 0 saturated carbocycles. The van der Waals surface area contributed by atoms with E-state index in [4.69, 9.17) is 4.74 Å². The topological polar surface area (TPSA) is 36.9 Å². The fourth-order valence-electron chi connectivity index (χ4n) is 2.94. The third kappa shape index (κ3) is 3.32. The largest absolute Gasteiger partial charge is 0.494 e. The van der Waals surface area contributed by atoms with Gasteiger partial charge < -0.3 is 15.0 Å². The van der Waals surface area contributed by atoms with Crippen molar-refractivity contribution < 1.29 is 4.74 Å². The highest BCUT2D eigenvalue weighted by molar-refractivity contribution is 5.42. The molecule has 118 valence electrons. The SMILES string of the molecule is C=C/C(=C(/C)C1=C(C)OCCN1)N1CC/C(=C/N=C)C(=C)C1. The van der Waals surface area contributed by atoms with E-state index in [1.807, 2.05) is 19.2 Å². The van der Waals surface area contributed by atoms with Gasteiger partial charge in [0.15, 0.2) is 0 Å². The van der Waals surface area contributed by atoms with Crippen molar-refractivity contribution in [2.24, 2.45) is 4.99 Å². The lowest BCUT2D eigenvalue weighted by atomic mass is 9.98. The summed E-state index contributed by atoms with van der Waals surface area (Å²) < 4.78 is 5.65. The molecule has 2 rings (SSSR count). The Hall–Kier alpha value is -2.23. The van der Waals surface area contributed by atoms with Gasteiger partial charge in [0.25, 0.3) is 0 Å². The molecule has 1 saturated heterocycles. The molecule has 1 N–H and O–H groups in total. The number of aliphatic imine (C=N–C) groups is 1. The molecule has 0 aliphatic carbocycles. The van der Waals surface area contributed by atoms with Crippen molar-refractivity contribution in [3.63, 3.8) is 0 Å². The zero-order valence-electron chi connectivity index (χ0n) is 13.6. The lowest BCUT2D eigenvalue weighted by Crippen LogP contribution is -2.33. The zero-order valence-corrected chi connectivity index (χ0v) is 13.6. The summed E-state index contributed by atoms with van der Waals surface area (Å²) in [6.45, 7) is 19.0. The normalized spacial score (nSPS) is 22.0. The highest BCUT2D eigenvalue weighted by Crippen LogP contribution is 2.28. The van der Waals surface area contributed by atoms with Gasteiger partial charge in [0, 0.05) is 31.5 Å². The number of rotatable bonds is 4. The number of likely N-dealkylation sites (tertiary alicyclic amines) is 1. The average Bonchev–Trinajstić information content (AvgIpc) is 2.51. The molecule has 0 atom stereocenters. The maximum atomic E-state index is 5.65. The van der Waals surface area contributed by atoms with Crippen molar-refractivity contribution in [2.75, 3.05) is 26.2 Å². The quantitative estimate of drug-likeness (QED) is 0.640. The molecule has 0 unspecified atom stereocenters. The minimum Gasteiger partial charge on any atom is -0.494 e. The van der Waals surface area contributed by atoms with E-state index in [9.17, 15) is 0 Å². The summed E-state index contributed by atoms with van der Waals surface area (Å²) in [4.78, 5) is 6.17. The van der Waals surface area contributed by atoms with Crippen molar-refractivity contribution in [1.82, 2.24) is 10.2 Å². The summed E-state index contributed by atoms with van der Waals surface area (Å²) in [5.74, 6) is 0.940. The molecule has 22 heavy (non-hydrogen) atoms. The first-order chi connectivity index (χ1) is 10.6. The first-order valence-electron chi connectivity index (χ1n) is 7.57. The van der Waals surface area contributed by atoms with E-state index in [0.717, 1.165) is 61.0 Å². The van der Waals surface area contributed by atoms with Gasteiger partial charge in [-0.1, -0.05) is 13.2 Å². The van der Waals surface area contributed by atoms with Gasteiger partial charge in [-0.3, -0.25) is 4.99 Å². The zero-order chi connectivity index (χ0) is 16.1. The van der Waals surface area contributed by atoms with E-state index >= 15 is 0 Å². The molecule has 0 bridgehead atoms. The van der Waals surface area contributed by atoms with Gasteiger partial charge in [-0.05, 0) is 49.8 Å². The summed E-state index contributed by atoms with van der Waals surface area (Å²) in [5.41, 5.74) is 5.63. The lowest BCUT2D eigenvalue weighted by molar-refractivity contribution is 0.194. The number of ether oxygens (including phenoxy) is 1. The predicted octanol–water partition coefficient (Wildman–Crippen LogP) is 3.14. The van der Waals surface area contributed by atoms with Crippen LogP contribution < -0.4 is 5.32 Å². The van der Waals surface area contributed by atoms with Crippen LogP contribution in [0.1, 0.15) is 20.3 Å². The number of piperidine rings is 1. The Morgan fingerprint density at radius 3 is 2.82 bits per heavy atom. The molecule has 0 aromatic heterocycles. The van der Waals surface area contributed by atoms with Crippen molar-refractivity contribution in [3.05, 3.63) is 59.3 Å². The molecule has 0 aromatic rings. The molecular formula is C18H25N3O. The third-order valence-corrected chi connectivity index (χ3v) is 4.10. The summed E-state index contributed by atoms with van der Waals surface area (Å²) in [6, 6.07) is 0. The van der Waals surface area contributed by atoms with Gasteiger partial charge >= 0.3 is 0 Å². The van der Waals surface area contributed by atoms with Crippen LogP contribution in [0.25, 0.3) is 0 Å². The molecule has 1 fully saturated rings. The second-order valence-corrected chi connectivity index (χ2v) is 5.53. The third-order valence-electron chi connectivity index (χ3n) is 4.10. The van der Waals surface area contributed by atoms with Crippen molar-refractivity contribution in [2.45, 2.75) is 20.3 Å². The minimum atomic E-state index is 0.718. The van der Waals surface area contributed by atoms with Gasteiger partial charge in [0.2, 0.25) is 0 Å². The monoisotopic (exact) mass is 299 g/mol. The van der Waals surface area contributed by atoms with E-state index in [1.165, 1.54) is 5.57 Å². The number of nitrogens with zero attached hydrogens (tertiary/aromatic N) is 2. The van der Waals surface area contributed by atoms with Crippen LogP contribution in [0.3, 0.4) is 0 Å². The standard InChI is InChI=1S/C18H25N3O/c1-6-17(14(3)18-15(4)22-10-8-20-18)21-9-7-16(11-19-5)13(2)12-21/h6,11,20H,1-2,5,7-10,12H2,3-4H3/b16-11-,17-14+. The Morgan fingerprint density at radius 2 is 2.23 bits per heavy atom. The smallest absolute Gasteiger partial charge is 0.116 e. The Bertz CT molecular complexity index is 581. The molecule has 2 aliphatic rings. The van der Waals surface area contributed by atoms with Crippen LogP contribution in [0.15, 0.2) is 64.3 Å². The predicted molar refractivity (Wildman–Crippen MR) is 92.5 cm³/mol. The van der Waals surface area contributed by atoms with E-state index in [0.29, 0.717) is 0 Å². The van der Waals surface area contributed by atoms with E-state index < -0.39 is 0 Å². The fraction of sp³-hybridized carbons (Fsp3) is 0.389. The van der Waals surface area contributed by atoms with E-state index in [2.05, 4.69) is 42.0 Å². The van der Waals surface area contributed by atoms with Gasteiger partial charge in [0.05, 0.1) is 5.70 Å². The van der Waals surface area contributed by atoms with Gasteiger partial charge in [-0.25, -0.2) is 0 Å². The summed E-state index contributed by atoms with van der Waals surface area (Å²) in [6.07, 6.45) is 4.65. The van der Waals surface area contributed by atoms with Gasteiger partial charge in [-0.15, -0.1) is 0 Å².